The van der Waals surface area contributed by atoms with Crippen molar-refractivity contribution in [2.24, 2.45) is 0 Å². The Labute approximate surface area is 145 Å². The molecule has 6 heteroatoms. The fourth-order valence-electron chi connectivity index (χ4n) is 3.66. The lowest BCUT2D eigenvalue weighted by Gasteiger charge is -2.31. The summed E-state index contributed by atoms with van der Waals surface area (Å²) < 4.78 is 7.00. The second kappa shape index (κ2) is 6.35. The summed E-state index contributed by atoms with van der Waals surface area (Å²) in [6.45, 7) is -0.00812. The van der Waals surface area contributed by atoms with E-state index in [2.05, 4.69) is 4.98 Å². The molecule has 4 rings (SSSR count). The number of aromatic nitrogens is 2. The predicted molar refractivity (Wildman–Crippen MR) is 95.4 cm³/mol. The summed E-state index contributed by atoms with van der Waals surface area (Å²) in [5.41, 5.74) is 1.07. The molecule has 0 N–H and O–H groups in total. The SMILES string of the molecule is CN(C(=O)Cn1cnc2c(oc3ccccc32)c1=O)C1CCCCC1. The van der Waals surface area contributed by atoms with Gasteiger partial charge in [-0.2, -0.15) is 0 Å². The lowest BCUT2D eigenvalue weighted by molar-refractivity contribution is -0.133. The number of amides is 1. The molecule has 0 spiro atoms. The highest BCUT2D eigenvalue weighted by Crippen LogP contribution is 2.24. The van der Waals surface area contributed by atoms with Crippen molar-refractivity contribution in [2.75, 3.05) is 7.05 Å². The van der Waals surface area contributed by atoms with Gasteiger partial charge in [0.25, 0.3) is 5.56 Å². The number of nitrogens with zero attached hydrogens (tertiary/aromatic N) is 3. The molecular weight excluding hydrogens is 318 g/mol. The van der Waals surface area contributed by atoms with Gasteiger partial charge in [0.05, 0.1) is 6.33 Å². The topological polar surface area (TPSA) is 68.3 Å². The monoisotopic (exact) mass is 339 g/mol. The number of carbonyl (C=O) groups is 1. The number of benzene rings is 1. The lowest BCUT2D eigenvalue weighted by Crippen LogP contribution is -2.41. The molecule has 6 nitrogen and oxygen atoms in total. The quantitative estimate of drug-likeness (QED) is 0.736. The summed E-state index contributed by atoms with van der Waals surface area (Å²) >= 11 is 0. The van der Waals surface area contributed by atoms with Crippen molar-refractivity contribution in [3.63, 3.8) is 0 Å². The van der Waals surface area contributed by atoms with Gasteiger partial charge in [0.15, 0.2) is 0 Å². The molecule has 0 saturated heterocycles. The molecule has 0 bridgehead atoms. The van der Waals surface area contributed by atoms with Gasteiger partial charge < -0.3 is 9.32 Å². The Morgan fingerprint density at radius 3 is 2.84 bits per heavy atom. The van der Waals surface area contributed by atoms with Crippen molar-refractivity contribution in [1.82, 2.24) is 14.5 Å². The normalized spacial score (nSPS) is 15.7. The molecule has 1 amide bonds. The minimum Gasteiger partial charge on any atom is -0.448 e. The minimum atomic E-state index is -0.313. The largest absolute Gasteiger partial charge is 0.448 e. The molecule has 25 heavy (non-hydrogen) atoms. The van der Waals surface area contributed by atoms with Crippen molar-refractivity contribution in [3.05, 3.63) is 40.9 Å². The van der Waals surface area contributed by atoms with Crippen LogP contribution in [0, 0.1) is 0 Å². The van der Waals surface area contributed by atoms with Crippen LogP contribution in [0.15, 0.2) is 39.8 Å². The predicted octanol–water partition coefficient (Wildman–Crippen LogP) is 2.93. The van der Waals surface area contributed by atoms with E-state index >= 15 is 0 Å². The van der Waals surface area contributed by atoms with Crippen LogP contribution in [0.5, 0.6) is 0 Å². The van der Waals surface area contributed by atoms with E-state index in [0.717, 1.165) is 31.1 Å². The van der Waals surface area contributed by atoms with Crippen molar-refractivity contribution in [3.8, 4) is 0 Å². The molecule has 130 valence electrons. The third-order valence-electron chi connectivity index (χ3n) is 5.17. The highest BCUT2D eigenvalue weighted by Gasteiger charge is 2.23. The number of carbonyl (C=O) groups excluding carboxylic acids is 1. The van der Waals surface area contributed by atoms with Gasteiger partial charge in [-0.25, -0.2) is 4.98 Å². The van der Waals surface area contributed by atoms with E-state index in [1.807, 2.05) is 31.3 Å². The molecule has 0 radical (unpaired) electrons. The number of fused-ring (bicyclic) bond motifs is 3. The van der Waals surface area contributed by atoms with E-state index in [9.17, 15) is 9.59 Å². The Morgan fingerprint density at radius 1 is 1.28 bits per heavy atom. The average Bonchev–Trinajstić information content (AvgIpc) is 3.03. The van der Waals surface area contributed by atoms with E-state index < -0.39 is 0 Å². The molecule has 3 aromatic rings. The molecule has 1 saturated carbocycles. The van der Waals surface area contributed by atoms with E-state index in [1.54, 1.807) is 4.90 Å². The van der Waals surface area contributed by atoms with Gasteiger partial charge in [-0.15, -0.1) is 0 Å². The standard InChI is InChI=1S/C19H21N3O3/c1-21(13-7-3-2-4-8-13)16(23)11-22-12-20-17-14-9-5-6-10-15(14)25-18(17)19(22)24/h5-6,9-10,12-13H,2-4,7-8,11H2,1H3. The highest BCUT2D eigenvalue weighted by atomic mass is 16.3. The Hall–Kier alpha value is -2.63. The maximum absolute atomic E-state index is 12.7. The summed E-state index contributed by atoms with van der Waals surface area (Å²) in [5, 5.41) is 0.812. The van der Waals surface area contributed by atoms with Gasteiger partial charge in [0.1, 0.15) is 17.6 Å². The number of para-hydroxylation sites is 1. The van der Waals surface area contributed by atoms with Crippen molar-refractivity contribution in [1.29, 1.82) is 0 Å². The van der Waals surface area contributed by atoms with Crippen LogP contribution in [0.1, 0.15) is 32.1 Å². The zero-order valence-corrected chi connectivity index (χ0v) is 14.3. The van der Waals surface area contributed by atoms with Crippen LogP contribution in [0.25, 0.3) is 22.1 Å². The van der Waals surface area contributed by atoms with E-state index in [0.29, 0.717) is 11.1 Å². The van der Waals surface area contributed by atoms with E-state index in [-0.39, 0.29) is 29.6 Å². The molecule has 1 aliphatic rings. The summed E-state index contributed by atoms with van der Waals surface area (Å²) in [5.74, 6) is -0.0636. The van der Waals surface area contributed by atoms with Gasteiger partial charge in [0.2, 0.25) is 11.5 Å². The summed E-state index contributed by atoms with van der Waals surface area (Å²) in [7, 11) is 1.83. The summed E-state index contributed by atoms with van der Waals surface area (Å²) in [6.07, 6.45) is 7.09. The molecule has 0 aliphatic heterocycles. The first kappa shape index (κ1) is 15.9. The van der Waals surface area contributed by atoms with E-state index in [1.165, 1.54) is 17.3 Å². The van der Waals surface area contributed by atoms with Crippen molar-refractivity contribution in [2.45, 2.75) is 44.7 Å². The fraction of sp³-hybridized carbons (Fsp3) is 0.421. The smallest absolute Gasteiger partial charge is 0.297 e. The number of rotatable bonds is 3. The van der Waals surface area contributed by atoms with Crippen molar-refractivity contribution >= 4 is 28.0 Å². The Balaban J connectivity index is 1.63. The van der Waals surface area contributed by atoms with E-state index in [4.69, 9.17) is 4.42 Å². The number of hydrogen-bond donors (Lipinski definition) is 0. The molecular formula is C19H21N3O3. The van der Waals surface area contributed by atoms with Gasteiger partial charge in [-0.05, 0) is 25.0 Å². The highest BCUT2D eigenvalue weighted by molar-refractivity contribution is 6.01. The maximum atomic E-state index is 12.7. The fourth-order valence-corrected chi connectivity index (χ4v) is 3.66. The Morgan fingerprint density at radius 2 is 2.04 bits per heavy atom. The third-order valence-corrected chi connectivity index (χ3v) is 5.17. The van der Waals surface area contributed by atoms with Crippen LogP contribution >= 0.6 is 0 Å². The molecule has 0 unspecified atom stereocenters. The van der Waals surface area contributed by atoms with Gasteiger partial charge in [0, 0.05) is 18.5 Å². The second-order valence-electron chi connectivity index (χ2n) is 6.75. The number of furan rings is 1. The van der Waals surface area contributed by atoms with Crippen LogP contribution in [-0.2, 0) is 11.3 Å². The van der Waals surface area contributed by atoms with Gasteiger partial charge in [-0.3, -0.25) is 14.2 Å². The van der Waals surface area contributed by atoms with Crippen LogP contribution in [0.2, 0.25) is 0 Å². The molecule has 0 atom stereocenters. The zero-order chi connectivity index (χ0) is 17.4. The molecule has 1 aliphatic carbocycles. The first-order chi connectivity index (χ1) is 12.1. The van der Waals surface area contributed by atoms with Gasteiger partial charge >= 0.3 is 0 Å². The average molecular weight is 339 g/mol. The number of likely N-dealkylation sites (N-methyl/N-ethyl adjacent to an activating group) is 1. The Bertz CT molecular complexity index is 982. The molecule has 2 aromatic heterocycles. The molecule has 1 fully saturated rings. The molecule has 1 aromatic carbocycles. The maximum Gasteiger partial charge on any atom is 0.297 e. The molecule has 2 heterocycles. The van der Waals surface area contributed by atoms with Crippen LogP contribution in [0.3, 0.4) is 0 Å². The summed E-state index contributed by atoms with van der Waals surface area (Å²) in [4.78, 5) is 31.4. The van der Waals surface area contributed by atoms with Crippen molar-refractivity contribution < 1.29 is 9.21 Å². The third kappa shape index (κ3) is 2.81. The lowest BCUT2D eigenvalue weighted by atomic mass is 9.94. The van der Waals surface area contributed by atoms with Crippen LogP contribution < -0.4 is 5.56 Å². The number of hydrogen-bond acceptors (Lipinski definition) is 4. The van der Waals surface area contributed by atoms with Crippen LogP contribution in [-0.4, -0.2) is 33.4 Å². The first-order valence-corrected chi connectivity index (χ1v) is 8.77. The summed E-state index contributed by atoms with van der Waals surface area (Å²) in [6, 6.07) is 7.70. The Kier molecular flexibility index (Phi) is 4.03. The van der Waals surface area contributed by atoms with Crippen LogP contribution in [0.4, 0.5) is 0 Å². The second-order valence-corrected chi connectivity index (χ2v) is 6.75. The minimum absolute atomic E-state index is 0.00812. The zero-order valence-electron chi connectivity index (χ0n) is 14.3. The van der Waals surface area contributed by atoms with Gasteiger partial charge in [-0.1, -0.05) is 31.4 Å². The first-order valence-electron chi connectivity index (χ1n) is 8.77.